The molecular weight excluding hydrogens is 641 g/mol. The molecule has 3 aromatic rings. The van der Waals surface area contributed by atoms with Crippen molar-refractivity contribution in [3.8, 4) is 11.5 Å². The molecule has 1 saturated heterocycles. The molecule has 12 heteroatoms. The van der Waals surface area contributed by atoms with Gasteiger partial charge in [0, 0.05) is 59.2 Å². The topological polar surface area (TPSA) is 80.3 Å². The third-order valence-corrected chi connectivity index (χ3v) is 9.86. The average molecular weight is 687 g/mol. The van der Waals surface area contributed by atoms with E-state index in [0.717, 1.165) is 47.1 Å². The molecule has 4 rings (SSSR count). The van der Waals surface area contributed by atoms with E-state index < -0.39 is 27.5 Å². The Balaban J connectivity index is 1.76. The Hall–Kier alpha value is -2.38. The highest BCUT2D eigenvalue weighted by Gasteiger charge is 2.49. The van der Waals surface area contributed by atoms with Gasteiger partial charge in [-0.2, -0.15) is 21.6 Å². The first-order chi connectivity index (χ1) is 22.0. The highest BCUT2D eigenvalue weighted by molar-refractivity contribution is 7.88. The minimum absolute atomic E-state index is 0.124. The Bertz CT molecular complexity index is 1460. The van der Waals surface area contributed by atoms with Crippen LogP contribution in [0.3, 0.4) is 0 Å². The molecule has 1 fully saturated rings. The van der Waals surface area contributed by atoms with Gasteiger partial charge in [-0.1, -0.05) is 58.2 Å². The van der Waals surface area contributed by atoms with Crippen molar-refractivity contribution in [2.75, 3.05) is 26.4 Å². The molecule has 0 unspecified atom stereocenters. The van der Waals surface area contributed by atoms with Gasteiger partial charge in [-0.15, -0.1) is 11.3 Å². The fourth-order valence-corrected chi connectivity index (χ4v) is 6.87. The maximum atomic E-state index is 13.5. The molecule has 0 N–H and O–H groups in total. The lowest BCUT2D eigenvalue weighted by molar-refractivity contribution is -0.138. The molecule has 0 aliphatic carbocycles. The van der Waals surface area contributed by atoms with Crippen LogP contribution in [0.25, 0.3) is 10.1 Å². The molecule has 46 heavy (non-hydrogen) atoms. The summed E-state index contributed by atoms with van der Waals surface area (Å²) in [6, 6.07) is 12.6. The predicted octanol–water partition coefficient (Wildman–Crippen LogP) is 9.12. The maximum Gasteiger partial charge on any atom is 0.534 e. The van der Waals surface area contributed by atoms with E-state index in [4.69, 9.17) is 23.1 Å². The Morgan fingerprint density at radius 3 is 2.35 bits per heavy atom. The monoisotopic (exact) mass is 686 g/mol. The standard InChI is InChI=1S/C34H45F3O7S2/c1-4-7-14-40-23-27-20-26(41-15-8-5-2)21-32(43-27)29-19-25(18-28-17-24-12-10-11-13-33(24)45-28)30(22-31(29)42-16-9-6-3)44-46(38,39)34(35,36)37/h10-13,17,19,22,26-27,32H,4-9,14-16,18,20-21,23H2,1-3H3/t26-,27-,32+/m0/s1. The molecule has 0 bridgehead atoms. The summed E-state index contributed by atoms with van der Waals surface area (Å²) in [5.41, 5.74) is -4.69. The summed E-state index contributed by atoms with van der Waals surface area (Å²) in [7, 11) is -5.94. The van der Waals surface area contributed by atoms with Gasteiger partial charge in [0.25, 0.3) is 0 Å². The summed E-state index contributed by atoms with van der Waals surface area (Å²) < 4.78 is 95.7. The Labute approximate surface area is 274 Å². The van der Waals surface area contributed by atoms with Crippen LogP contribution in [0.1, 0.15) is 94.2 Å². The molecule has 3 atom stereocenters. The minimum atomic E-state index is -5.94. The first-order valence-electron chi connectivity index (χ1n) is 16.2. The van der Waals surface area contributed by atoms with E-state index in [2.05, 4.69) is 13.8 Å². The number of alkyl halides is 3. The zero-order valence-electron chi connectivity index (χ0n) is 26.8. The molecular formula is C34H45F3O7S2. The third kappa shape index (κ3) is 10.1. The van der Waals surface area contributed by atoms with Crippen molar-refractivity contribution in [1.82, 2.24) is 0 Å². The second kappa shape index (κ2) is 17.1. The molecule has 1 aliphatic heterocycles. The smallest absolute Gasteiger partial charge is 0.493 e. The summed E-state index contributed by atoms with van der Waals surface area (Å²) in [5.74, 6) is -0.193. The van der Waals surface area contributed by atoms with E-state index in [0.29, 0.717) is 44.6 Å². The lowest BCUT2D eigenvalue weighted by atomic mass is 9.93. The van der Waals surface area contributed by atoms with E-state index in [-0.39, 0.29) is 36.5 Å². The summed E-state index contributed by atoms with van der Waals surface area (Å²) in [6.45, 7) is 8.09. The van der Waals surface area contributed by atoms with E-state index in [1.54, 1.807) is 6.07 Å². The molecule has 0 radical (unpaired) electrons. The van der Waals surface area contributed by atoms with Gasteiger partial charge in [0.1, 0.15) is 11.5 Å². The number of hydrogen-bond acceptors (Lipinski definition) is 8. The number of hydrogen-bond donors (Lipinski definition) is 0. The summed E-state index contributed by atoms with van der Waals surface area (Å²) in [6.07, 6.45) is 5.78. The van der Waals surface area contributed by atoms with Crippen LogP contribution in [0.4, 0.5) is 13.2 Å². The number of unbranched alkanes of at least 4 members (excludes halogenated alkanes) is 3. The van der Waals surface area contributed by atoms with Crippen LogP contribution in [0.2, 0.25) is 0 Å². The van der Waals surface area contributed by atoms with Gasteiger partial charge in [-0.05, 0) is 42.8 Å². The van der Waals surface area contributed by atoms with Crippen LogP contribution in [-0.2, 0) is 30.7 Å². The summed E-state index contributed by atoms with van der Waals surface area (Å²) in [5, 5.41) is 0.987. The van der Waals surface area contributed by atoms with Gasteiger partial charge in [0.05, 0.1) is 31.5 Å². The predicted molar refractivity (Wildman–Crippen MR) is 174 cm³/mol. The van der Waals surface area contributed by atoms with Crippen LogP contribution < -0.4 is 8.92 Å². The lowest BCUT2D eigenvalue weighted by Crippen LogP contribution is -2.36. The molecule has 0 amide bonds. The van der Waals surface area contributed by atoms with Crippen molar-refractivity contribution in [1.29, 1.82) is 0 Å². The Morgan fingerprint density at radius 2 is 1.63 bits per heavy atom. The van der Waals surface area contributed by atoms with Crippen LogP contribution in [0, 0.1) is 0 Å². The number of thiophene rings is 1. The number of fused-ring (bicyclic) bond motifs is 1. The third-order valence-electron chi connectivity index (χ3n) is 7.78. The minimum Gasteiger partial charge on any atom is -0.493 e. The molecule has 2 aromatic carbocycles. The summed E-state index contributed by atoms with van der Waals surface area (Å²) in [4.78, 5) is 0.841. The fraction of sp³-hybridized carbons (Fsp3) is 0.588. The van der Waals surface area contributed by atoms with E-state index in [1.807, 2.05) is 37.3 Å². The van der Waals surface area contributed by atoms with Crippen molar-refractivity contribution < 1.29 is 44.7 Å². The van der Waals surface area contributed by atoms with Gasteiger partial charge < -0.3 is 23.1 Å². The largest absolute Gasteiger partial charge is 0.534 e. The second-order valence-corrected chi connectivity index (χ2v) is 14.3. The SMILES string of the molecule is CCCCOC[C@@H]1C[C@H](OCCCC)C[C@H](c2cc(Cc3cc4ccccc4s3)c(OS(=O)(=O)C(F)(F)F)cc2OCCCC)O1. The first-order valence-corrected chi connectivity index (χ1v) is 18.4. The Kier molecular flexibility index (Phi) is 13.6. The van der Waals surface area contributed by atoms with Crippen molar-refractivity contribution in [2.45, 2.75) is 102 Å². The van der Waals surface area contributed by atoms with Crippen molar-refractivity contribution in [3.05, 3.63) is 58.5 Å². The van der Waals surface area contributed by atoms with Crippen molar-refractivity contribution in [3.63, 3.8) is 0 Å². The summed E-state index contributed by atoms with van der Waals surface area (Å²) >= 11 is 1.49. The highest BCUT2D eigenvalue weighted by atomic mass is 32.2. The zero-order chi connectivity index (χ0) is 33.2. The Morgan fingerprint density at radius 1 is 0.913 bits per heavy atom. The molecule has 0 spiro atoms. The van der Waals surface area contributed by atoms with E-state index >= 15 is 0 Å². The van der Waals surface area contributed by atoms with E-state index in [1.165, 1.54) is 17.4 Å². The molecule has 1 aromatic heterocycles. The normalized spacial score (nSPS) is 19.0. The molecule has 1 aliphatic rings. The van der Waals surface area contributed by atoms with Gasteiger partial charge in [0.2, 0.25) is 0 Å². The molecule has 0 saturated carbocycles. The van der Waals surface area contributed by atoms with Crippen molar-refractivity contribution in [2.24, 2.45) is 0 Å². The van der Waals surface area contributed by atoms with Crippen LogP contribution in [0.5, 0.6) is 11.5 Å². The van der Waals surface area contributed by atoms with Crippen LogP contribution in [-0.4, -0.2) is 52.6 Å². The number of rotatable bonds is 18. The fourth-order valence-electron chi connectivity index (χ4n) is 5.29. The maximum absolute atomic E-state index is 13.5. The van der Waals surface area contributed by atoms with Crippen LogP contribution >= 0.6 is 11.3 Å². The average Bonchev–Trinajstić information content (AvgIpc) is 3.42. The van der Waals surface area contributed by atoms with Gasteiger partial charge in [0.15, 0.2) is 0 Å². The lowest BCUT2D eigenvalue weighted by Gasteiger charge is -2.36. The van der Waals surface area contributed by atoms with Gasteiger partial charge in [-0.3, -0.25) is 0 Å². The van der Waals surface area contributed by atoms with Crippen molar-refractivity contribution >= 4 is 31.5 Å². The highest BCUT2D eigenvalue weighted by Crippen LogP contribution is 2.43. The molecule has 2 heterocycles. The second-order valence-electron chi connectivity index (χ2n) is 11.6. The van der Waals surface area contributed by atoms with Gasteiger partial charge >= 0.3 is 15.6 Å². The number of benzene rings is 2. The number of halogens is 3. The molecule has 7 nitrogen and oxygen atoms in total. The van der Waals surface area contributed by atoms with Gasteiger partial charge in [-0.25, -0.2) is 0 Å². The zero-order valence-corrected chi connectivity index (χ0v) is 28.4. The van der Waals surface area contributed by atoms with Crippen LogP contribution in [0.15, 0.2) is 42.5 Å². The van der Waals surface area contributed by atoms with E-state index in [9.17, 15) is 21.6 Å². The first kappa shape index (κ1) is 36.5. The molecule has 256 valence electrons. The number of ether oxygens (including phenoxy) is 4. The quantitative estimate of drug-likeness (QED) is 0.0750.